The Morgan fingerprint density at radius 1 is 1.06 bits per heavy atom. The lowest BCUT2D eigenvalue weighted by Gasteiger charge is -2.39. The predicted octanol–water partition coefficient (Wildman–Crippen LogP) is 4.37. The highest BCUT2D eigenvalue weighted by Gasteiger charge is 2.43. The molecule has 176 valence electrons. The van der Waals surface area contributed by atoms with E-state index in [9.17, 15) is 14.3 Å². The lowest BCUT2D eigenvalue weighted by atomic mass is 9.82. The van der Waals surface area contributed by atoms with Crippen molar-refractivity contribution in [2.24, 2.45) is 0 Å². The van der Waals surface area contributed by atoms with Gasteiger partial charge in [-0.25, -0.2) is 4.39 Å². The van der Waals surface area contributed by atoms with Crippen LogP contribution < -0.4 is 4.74 Å². The van der Waals surface area contributed by atoms with E-state index in [1.807, 2.05) is 0 Å². The number of β-amino-alcohol motifs (C(OH)–C–C–N with tert-alkyl or cyclic N) is 1. The molecule has 2 heterocycles. The Kier molecular flexibility index (Phi) is 5.40. The Labute approximate surface area is 198 Å². The number of rotatable bonds is 5. The van der Waals surface area contributed by atoms with Gasteiger partial charge in [0.05, 0.1) is 17.8 Å². The number of hydrogen-bond acceptors (Lipinski definition) is 5. The summed E-state index contributed by atoms with van der Waals surface area (Å²) in [5.74, 6) is -0.0802. The summed E-state index contributed by atoms with van der Waals surface area (Å²) in [4.78, 5) is 14.4. The highest BCUT2D eigenvalue weighted by molar-refractivity contribution is 6.03. The van der Waals surface area contributed by atoms with Gasteiger partial charge >= 0.3 is 0 Å². The Morgan fingerprint density at radius 2 is 1.88 bits per heavy atom. The van der Waals surface area contributed by atoms with Crippen LogP contribution in [0, 0.1) is 5.82 Å². The average Bonchev–Trinajstić information content (AvgIpc) is 3.42. The summed E-state index contributed by atoms with van der Waals surface area (Å²) in [6.45, 7) is 2.85. The zero-order chi connectivity index (χ0) is 23.3. The van der Waals surface area contributed by atoms with Crippen molar-refractivity contribution in [1.29, 1.82) is 0 Å². The second kappa shape index (κ2) is 8.45. The second-order valence-corrected chi connectivity index (χ2v) is 9.68. The van der Waals surface area contributed by atoms with Crippen molar-refractivity contribution in [1.82, 2.24) is 4.90 Å². The molecule has 0 amide bonds. The topological polar surface area (TPSA) is 59.0 Å². The number of nitrogens with zero attached hydrogens (tertiary/aromatic N) is 1. The fraction of sp³-hybridized carbons (Fsp3) is 0.393. The first kappa shape index (κ1) is 21.7. The summed E-state index contributed by atoms with van der Waals surface area (Å²) < 4.78 is 26.1. The molecule has 1 saturated heterocycles. The predicted molar refractivity (Wildman–Crippen MR) is 127 cm³/mol. The molecule has 3 aromatic rings. The van der Waals surface area contributed by atoms with Crippen LogP contribution in [0.3, 0.4) is 0 Å². The first-order valence-electron chi connectivity index (χ1n) is 12.1. The van der Waals surface area contributed by atoms with Crippen LogP contribution >= 0.6 is 0 Å². The van der Waals surface area contributed by atoms with Gasteiger partial charge in [-0.1, -0.05) is 36.4 Å². The number of carbonyl (C=O) groups excluding carboxylic acids is 1. The van der Waals surface area contributed by atoms with Crippen LogP contribution in [0.2, 0.25) is 0 Å². The third-order valence-electron chi connectivity index (χ3n) is 7.69. The third-order valence-corrected chi connectivity index (χ3v) is 7.69. The molecule has 1 N–H and O–H groups in total. The number of Topliss-reactive ketones (excluding diaryl/α,β-unsaturated/α-hetero) is 1. The minimum atomic E-state index is -0.702. The quantitative estimate of drug-likeness (QED) is 0.612. The minimum absolute atomic E-state index is 0.0678. The van der Waals surface area contributed by atoms with Gasteiger partial charge in [0.25, 0.3) is 0 Å². The van der Waals surface area contributed by atoms with Crippen molar-refractivity contribution >= 4 is 16.6 Å². The van der Waals surface area contributed by atoms with Gasteiger partial charge in [0.1, 0.15) is 24.3 Å². The molecule has 0 radical (unpaired) electrons. The van der Waals surface area contributed by atoms with E-state index in [1.54, 1.807) is 0 Å². The average molecular weight is 462 g/mol. The molecular weight excluding hydrogens is 433 g/mol. The van der Waals surface area contributed by atoms with Crippen molar-refractivity contribution in [2.45, 2.75) is 44.0 Å². The van der Waals surface area contributed by atoms with Gasteiger partial charge in [0, 0.05) is 31.6 Å². The van der Waals surface area contributed by atoms with Crippen LogP contribution in [0.4, 0.5) is 4.39 Å². The Morgan fingerprint density at radius 3 is 2.74 bits per heavy atom. The standard InChI is InChI=1S/C28H28FNO4/c29-24-8-10-26(27-21(24)6-9-25(27)32)33-16-19(31)15-30-13-11-28(12-14-30)23-7-5-18-3-1-2-4-20(18)22(23)17-34-28/h1-5,7-8,10,19,31H,6,9,11-17H2. The number of aliphatic hydroxyl groups excluding tert-OH is 1. The van der Waals surface area contributed by atoms with Gasteiger partial charge in [-0.3, -0.25) is 4.79 Å². The van der Waals surface area contributed by atoms with Crippen molar-refractivity contribution < 1.29 is 23.8 Å². The smallest absolute Gasteiger partial charge is 0.167 e. The summed E-state index contributed by atoms with van der Waals surface area (Å²) in [5.41, 5.74) is 3.15. The number of ether oxygens (including phenoxy) is 2. The zero-order valence-corrected chi connectivity index (χ0v) is 19.1. The summed E-state index contributed by atoms with van der Waals surface area (Å²) in [6, 6.07) is 15.7. The Balaban J connectivity index is 1.08. The molecule has 1 aliphatic carbocycles. The van der Waals surface area contributed by atoms with Crippen molar-refractivity contribution in [3.8, 4) is 5.75 Å². The summed E-state index contributed by atoms with van der Waals surface area (Å²) in [7, 11) is 0. The first-order valence-corrected chi connectivity index (χ1v) is 12.1. The van der Waals surface area contributed by atoms with Gasteiger partial charge in [0.15, 0.2) is 5.78 Å². The molecular formula is C28H28FNO4. The van der Waals surface area contributed by atoms with Crippen molar-refractivity contribution in [3.63, 3.8) is 0 Å². The van der Waals surface area contributed by atoms with E-state index in [0.29, 0.717) is 42.9 Å². The van der Waals surface area contributed by atoms with Gasteiger partial charge in [-0.2, -0.15) is 0 Å². The normalized spacial score (nSPS) is 20.0. The van der Waals surface area contributed by atoms with Crippen molar-refractivity contribution in [3.05, 3.63) is 76.6 Å². The van der Waals surface area contributed by atoms with Crippen LogP contribution in [0.1, 0.15) is 46.3 Å². The summed E-state index contributed by atoms with van der Waals surface area (Å²) >= 11 is 0. The number of piperidine rings is 1. The number of halogens is 1. The van der Waals surface area contributed by atoms with E-state index in [0.717, 1.165) is 25.9 Å². The number of ketones is 1. The largest absolute Gasteiger partial charge is 0.490 e. The third kappa shape index (κ3) is 3.61. The number of carbonyl (C=O) groups is 1. The molecule has 5 nitrogen and oxygen atoms in total. The fourth-order valence-corrected chi connectivity index (χ4v) is 5.89. The molecule has 6 heteroatoms. The molecule has 0 bridgehead atoms. The zero-order valence-electron chi connectivity index (χ0n) is 19.1. The lowest BCUT2D eigenvalue weighted by molar-refractivity contribution is -0.0835. The molecule has 3 aliphatic rings. The van der Waals surface area contributed by atoms with Gasteiger partial charge < -0.3 is 19.5 Å². The van der Waals surface area contributed by atoms with Crippen LogP contribution in [-0.4, -0.2) is 48.1 Å². The molecule has 0 saturated carbocycles. The molecule has 1 unspecified atom stereocenters. The maximum absolute atomic E-state index is 14.0. The number of likely N-dealkylation sites (tertiary alicyclic amines) is 1. The molecule has 3 aromatic carbocycles. The van der Waals surface area contributed by atoms with Gasteiger partial charge in [-0.05, 0) is 53.3 Å². The van der Waals surface area contributed by atoms with E-state index >= 15 is 0 Å². The molecule has 34 heavy (non-hydrogen) atoms. The van der Waals surface area contributed by atoms with Crippen molar-refractivity contribution in [2.75, 3.05) is 26.2 Å². The SMILES string of the molecule is O=C1CCc2c(F)ccc(OCC(O)CN3CCC4(CC3)OCc3c4ccc4ccccc34)c21. The summed E-state index contributed by atoms with van der Waals surface area (Å²) in [6.07, 6.45) is 1.78. The molecule has 0 aromatic heterocycles. The molecule has 2 aliphatic heterocycles. The Hall–Kier alpha value is -2.80. The van der Waals surface area contributed by atoms with E-state index in [4.69, 9.17) is 9.47 Å². The maximum Gasteiger partial charge on any atom is 0.167 e. The number of benzene rings is 3. The van der Waals surface area contributed by atoms with Crippen LogP contribution in [0.25, 0.3) is 10.8 Å². The fourth-order valence-electron chi connectivity index (χ4n) is 5.89. The molecule has 1 spiro atoms. The Bertz CT molecular complexity index is 1260. The monoisotopic (exact) mass is 461 g/mol. The van der Waals surface area contributed by atoms with E-state index in [2.05, 4.69) is 41.3 Å². The summed E-state index contributed by atoms with van der Waals surface area (Å²) in [5, 5.41) is 13.1. The highest BCUT2D eigenvalue weighted by atomic mass is 19.1. The van der Waals surface area contributed by atoms with Crippen LogP contribution in [0.5, 0.6) is 5.75 Å². The van der Waals surface area contributed by atoms with E-state index in [1.165, 1.54) is 34.0 Å². The number of hydrogen-bond donors (Lipinski definition) is 1. The van der Waals surface area contributed by atoms with E-state index in [-0.39, 0.29) is 23.8 Å². The molecule has 1 atom stereocenters. The maximum atomic E-state index is 14.0. The molecule has 6 rings (SSSR count). The minimum Gasteiger partial charge on any atom is -0.490 e. The number of fused-ring (bicyclic) bond motifs is 5. The van der Waals surface area contributed by atoms with Gasteiger partial charge in [-0.15, -0.1) is 0 Å². The number of aliphatic hydroxyl groups is 1. The first-order chi connectivity index (χ1) is 16.5. The molecule has 1 fully saturated rings. The van der Waals surface area contributed by atoms with Gasteiger partial charge in [0.2, 0.25) is 0 Å². The van der Waals surface area contributed by atoms with E-state index < -0.39 is 6.10 Å². The highest BCUT2D eigenvalue weighted by Crippen LogP contribution is 2.46. The second-order valence-electron chi connectivity index (χ2n) is 9.68. The lowest BCUT2D eigenvalue weighted by Crippen LogP contribution is -2.46. The van der Waals surface area contributed by atoms with Crippen LogP contribution in [-0.2, 0) is 23.4 Å². The van der Waals surface area contributed by atoms with Crippen LogP contribution in [0.15, 0.2) is 48.5 Å².